The maximum absolute atomic E-state index is 11.0. The van der Waals surface area contributed by atoms with E-state index in [0.29, 0.717) is 5.69 Å². The molecule has 108 valence electrons. The van der Waals surface area contributed by atoms with Crippen LogP contribution in [0.4, 0.5) is 0 Å². The summed E-state index contributed by atoms with van der Waals surface area (Å²) < 4.78 is 1.87. The standard InChI is InChI=1S/C15H14N2O4/c1-10-8-12(6-7-16(20)21)11(2)17(10)14-5-3-4-13(9-14)15(18)19/h3-9H,1-2H3,(H,18,19). The van der Waals surface area contributed by atoms with Crippen LogP contribution in [-0.2, 0) is 0 Å². The van der Waals surface area contributed by atoms with Crippen molar-refractivity contribution < 1.29 is 14.8 Å². The molecule has 1 aromatic heterocycles. The minimum atomic E-state index is -0.993. The Bertz CT molecular complexity index is 744. The molecular weight excluding hydrogens is 272 g/mol. The lowest BCUT2D eigenvalue weighted by molar-refractivity contribution is -0.400. The lowest BCUT2D eigenvalue weighted by atomic mass is 10.2. The zero-order valence-corrected chi connectivity index (χ0v) is 11.6. The number of carbonyl (C=O) groups is 1. The quantitative estimate of drug-likeness (QED) is 0.691. The molecule has 6 nitrogen and oxygen atoms in total. The second-order valence-electron chi connectivity index (χ2n) is 4.62. The maximum Gasteiger partial charge on any atom is 0.335 e. The summed E-state index contributed by atoms with van der Waals surface area (Å²) in [6.45, 7) is 3.70. The molecule has 0 atom stereocenters. The van der Waals surface area contributed by atoms with Crippen LogP contribution in [0.2, 0.25) is 0 Å². The normalized spacial score (nSPS) is 11.0. The summed E-state index contributed by atoms with van der Waals surface area (Å²) in [5, 5.41) is 19.5. The van der Waals surface area contributed by atoms with Crippen LogP contribution in [0.3, 0.4) is 0 Å². The van der Waals surface area contributed by atoms with Crippen molar-refractivity contribution >= 4 is 12.0 Å². The van der Waals surface area contributed by atoms with Crippen molar-refractivity contribution in [2.45, 2.75) is 13.8 Å². The van der Waals surface area contributed by atoms with E-state index in [-0.39, 0.29) is 5.56 Å². The van der Waals surface area contributed by atoms with Gasteiger partial charge < -0.3 is 9.67 Å². The number of carboxylic acid groups (broad SMARTS) is 1. The molecule has 1 heterocycles. The first-order valence-corrected chi connectivity index (χ1v) is 6.24. The molecule has 21 heavy (non-hydrogen) atoms. The van der Waals surface area contributed by atoms with Crippen LogP contribution < -0.4 is 0 Å². The first kappa shape index (κ1) is 14.5. The van der Waals surface area contributed by atoms with E-state index in [1.165, 1.54) is 12.1 Å². The van der Waals surface area contributed by atoms with Crippen LogP contribution >= 0.6 is 0 Å². The lowest BCUT2D eigenvalue weighted by Crippen LogP contribution is -2.02. The van der Waals surface area contributed by atoms with Gasteiger partial charge in [-0.15, -0.1) is 0 Å². The zero-order chi connectivity index (χ0) is 15.6. The van der Waals surface area contributed by atoms with Crippen molar-refractivity contribution in [3.05, 3.63) is 69.2 Å². The summed E-state index contributed by atoms with van der Waals surface area (Å²) in [5.74, 6) is -0.993. The predicted octanol–water partition coefficient (Wildman–Crippen LogP) is 3.04. The summed E-state index contributed by atoms with van der Waals surface area (Å²) in [6.07, 6.45) is 2.32. The van der Waals surface area contributed by atoms with Crippen molar-refractivity contribution in [3.63, 3.8) is 0 Å². The van der Waals surface area contributed by atoms with Gasteiger partial charge >= 0.3 is 5.97 Å². The highest BCUT2D eigenvalue weighted by atomic mass is 16.6. The van der Waals surface area contributed by atoms with Crippen molar-refractivity contribution in [3.8, 4) is 5.69 Å². The number of benzene rings is 1. The third-order valence-corrected chi connectivity index (χ3v) is 3.20. The first-order valence-electron chi connectivity index (χ1n) is 6.24. The minimum Gasteiger partial charge on any atom is -0.478 e. The number of carboxylic acids is 1. The average Bonchev–Trinajstić information content (AvgIpc) is 2.71. The number of nitrogens with zero attached hydrogens (tertiary/aromatic N) is 2. The van der Waals surface area contributed by atoms with Crippen LogP contribution in [0.15, 0.2) is 36.5 Å². The molecule has 0 aliphatic carbocycles. The first-order chi connectivity index (χ1) is 9.90. The average molecular weight is 286 g/mol. The third-order valence-electron chi connectivity index (χ3n) is 3.20. The van der Waals surface area contributed by atoms with Crippen LogP contribution in [-0.4, -0.2) is 20.6 Å². The van der Waals surface area contributed by atoms with E-state index in [1.54, 1.807) is 18.2 Å². The molecular formula is C15H14N2O4. The molecule has 0 saturated heterocycles. The summed E-state index contributed by atoms with van der Waals surface area (Å²) in [5.41, 5.74) is 3.32. The number of hydrogen-bond acceptors (Lipinski definition) is 3. The van der Waals surface area contributed by atoms with Crippen LogP contribution in [0, 0.1) is 24.0 Å². The molecule has 0 radical (unpaired) electrons. The predicted molar refractivity (Wildman–Crippen MR) is 78.2 cm³/mol. The lowest BCUT2D eigenvalue weighted by Gasteiger charge is -2.10. The molecule has 1 aromatic carbocycles. The highest BCUT2D eigenvalue weighted by Gasteiger charge is 2.11. The van der Waals surface area contributed by atoms with Crippen molar-refractivity contribution in [2.24, 2.45) is 0 Å². The number of aromatic nitrogens is 1. The Balaban J connectivity index is 2.52. The summed E-state index contributed by atoms with van der Waals surface area (Å²) in [4.78, 5) is 20.9. The fourth-order valence-corrected chi connectivity index (χ4v) is 2.27. The fraction of sp³-hybridized carbons (Fsp3) is 0.133. The number of aromatic carboxylic acids is 1. The van der Waals surface area contributed by atoms with E-state index in [1.807, 2.05) is 24.5 Å². The molecule has 1 N–H and O–H groups in total. The Morgan fingerprint density at radius 1 is 1.33 bits per heavy atom. The summed E-state index contributed by atoms with van der Waals surface area (Å²) >= 11 is 0. The Kier molecular flexibility index (Phi) is 3.89. The van der Waals surface area contributed by atoms with Crippen LogP contribution in [0.1, 0.15) is 27.3 Å². The van der Waals surface area contributed by atoms with E-state index in [4.69, 9.17) is 5.11 Å². The molecule has 0 fully saturated rings. The number of nitro groups is 1. The van der Waals surface area contributed by atoms with Gasteiger partial charge in [0.05, 0.1) is 10.5 Å². The largest absolute Gasteiger partial charge is 0.478 e. The van der Waals surface area contributed by atoms with Crippen molar-refractivity contribution in [1.82, 2.24) is 4.57 Å². The molecule has 6 heteroatoms. The second-order valence-corrected chi connectivity index (χ2v) is 4.62. The van der Waals surface area contributed by atoms with Gasteiger partial charge in [0.15, 0.2) is 0 Å². The summed E-state index contributed by atoms with van der Waals surface area (Å²) in [6, 6.07) is 8.39. The van der Waals surface area contributed by atoms with Gasteiger partial charge in [0, 0.05) is 28.7 Å². The molecule has 0 unspecified atom stereocenters. The van der Waals surface area contributed by atoms with E-state index in [2.05, 4.69) is 0 Å². The Hall–Kier alpha value is -2.89. The number of hydrogen-bond donors (Lipinski definition) is 1. The Morgan fingerprint density at radius 3 is 2.67 bits per heavy atom. The van der Waals surface area contributed by atoms with Gasteiger partial charge in [0.1, 0.15) is 0 Å². The molecule has 2 rings (SSSR count). The van der Waals surface area contributed by atoms with Gasteiger partial charge in [-0.2, -0.15) is 0 Å². The van der Waals surface area contributed by atoms with E-state index in [0.717, 1.165) is 23.2 Å². The zero-order valence-electron chi connectivity index (χ0n) is 11.6. The molecule has 0 amide bonds. The smallest absolute Gasteiger partial charge is 0.335 e. The van der Waals surface area contributed by atoms with E-state index >= 15 is 0 Å². The maximum atomic E-state index is 11.0. The molecule has 0 spiro atoms. The van der Waals surface area contributed by atoms with Gasteiger partial charge in [-0.05, 0) is 38.1 Å². The van der Waals surface area contributed by atoms with Crippen LogP contribution in [0.5, 0.6) is 0 Å². The monoisotopic (exact) mass is 286 g/mol. The third kappa shape index (κ3) is 3.00. The van der Waals surface area contributed by atoms with Gasteiger partial charge in [-0.1, -0.05) is 6.07 Å². The number of aryl methyl sites for hydroxylation is 1. The highest BCUT2D eigenvalue weighted by Crippen LogP contribution is 2.22. The van der Waals surface area contributed by atoms with Gasteiger partial charge in [-0.25, -0.2) is 4.79 Å². The van der Waals surface area contributed by atoms with Crippen molar-refractivity contribution in [1.29, 1.82) is 0 Å². The van der Waals surface area contributed by atoms with E-state index < -0.39 is 10.9 Å². The minimum absolute atomic E-state index is 0.197. The van der Waals surface area contributed by atoms with E-state index in [9.17, 15) is 14.9 Å². The van der Waals surface area contributed by atoms with Crippen molar-refractivity contribution in [2.75, 3.05) is 0 Å². The van der Waals surface area contributed by atoms with Crippen LogP contribution in [0.25, 0.3) is 11.8 Å². The highest BCUT2D eigenvalue weighted by molar-refractivity contribution is 5.88. The molecule has 0 aliphatic rings. The SMILES string of the molecule is Cc1cc(C=C[N+](=O)[O-])c(C)n1-c1cccc(C(=O)O)c1. The summed E-state index contributed by atoms with van der Waals surface area (Å²) in [7, 11) is 0. The topological polar surface area (TPSA) is 85.4 Å². The molecule has 2 aromatic rings. The fourth-order valence-electron chi connectivity index (χ4n) is 2.27. The number of rotatable bonds is 4. The molecule has 0 saturated carbocycles. The van der Waals surface area contributed by atoms with Gasteiger partial charge in [0.25, 0.3) is 0 Å². The van der Waals surface area contributed by atoms with Gasteiger partial charge in [-0.3, -0.25) is 10.1 Å². The molecule has 0 aliphatic heterocycles. The Morgan fingerprint density at radius 2 is 2.05 bits per heavy atom. The van der Waals surface area contributed by atoms with Gasteiger partial charge in [0.2, 0.25) is 6.20 Å². The second kappa shape index (κ2) is 5.62. The molecule has 0 bridgehead atoms. The Labute approximate surface area is 121 Å².